The van der Waals surface area contributed by atoms with Crippen molar-refractivity contribution in [1.29, 1.82) is 0 Å². The van der Waals surface area contributed by atoms with Crippen LogP contribution in [0.25, 0.3) is 0 Å². The second-order valence-electron chi connectivity index (χ2n) is 6.22. The standard InChI is InChI=1S/C19H21ClFN3OS/c20-15-3-7-17(8-4-15)23-19(26)22-13-18(24-9-11-25-12-10-24)14-1-5-16(21)6-2-14/h1-8,18H,9-13H2,(H2,22,23,26)/p+1/t18-/m0/s1. The first kappa shape index (κ1) is 19.0. The number of nitrogens with one attached hydrogen (secondary N) is 3. The number of benzene rings is 2. The number of quaternary nitrogens is 1. The number of thiocarbonyl (C=S) groups is 1. The number of morpholine rings is 1. The zero-order valence-corrected chi connectivity index (χ0v) is 15.9. The Kier molecular flexibility index (Phi) is 6.80. The summed E-state index contributed by atoms with van der Waals surface area (Å²) in [5.74, 6) is -0.225. The van der Waals surface area contributed by atoms with Gasteiger partial charge in [-0.15, -0.1) is 0 Å². The van der Waals surface area contributed by atoms with Crippen LogP contribution < -0.4 is 15.5 Å². The Morgan fingerprint density at radius 2 is 1.77 bits per heavy atom. The minimum absolute atomic E-state index is 0.171. The van der Waals surface area contributed by atoms with Gasteiger partial charge in [0.2, 0.25) is 0 Å². The van der Waals surface area contributed by atoms with E-state index in [1.807, 2.05) is 36.4 Å². The van der Waals surface area contributed by atoms with Gasteiger partial charge in [0.05, 0.1) is 19.8 Å². The van der Waals surface area contributed by atoms with Crippen LogP contribution in [0.1, 0.15) is 11.6 Å². The van der Waals surface area contributed by atoms with Crippen LogP contribution >= 0.6 is 23.8 Å². The van der Waals surface area contributed by atoms with E-state index in [9.17, 15) is 4.39 Å². The van der Waals surface area contributed by atoms with E-state index in [0.717, 1.165) is 37.6 Å². The zero-order chi connectivity index (χ0) is 18.4. The van der Waals surface area contributed by atoms with E-state index in [1.165, 1.54) is 17.0 Å². The quantitative estimate of drug-likeness (QED) is 0.681. The van der Waals surface area contributed by atoms with Crippen molar-refractivity contribution in [3.63, 3.8) is 0 Å². The van der Waals surface area contributed by atoms with Gasteiger partial charge in [0, 0.05) is 16.3 Å². The molecule has 0 bridgehead atoms. The fraction of sp³-hybridized carbons (Fsp3) is 0.316. The summed E-state index contributed by atoms with van der Waals surface area (Å²) in [5.41, 5.74) is 1.97. The van der Waals surface area contributed by atoms with E-state index in [2.05, 4.69) is 10.6 Å². The van der Waals surface area contributed by atoms with Gasteiger partial charge in [0.25, 0.3) is 0 Å². The van der Waals surface area contributed by atoms with E-state index in [0.29, 0.717) is 16.7 Å². The second kappa shape index (κ2) is 9.28. The molecule has 7 heteroatoms. The number of anilines is 1. The molecule has 1 aliphatic heterocycles. The van der Waals surface area contributed by atoms with Crippen LogP contribution in [0.4, 0.5) is 10.1 Å². The topological polar surface area (TPSA) is 37.7 Å². The number of rotatable bonds is 5. The lowest BCUT2D eigenvalue weighted by molar-refractivity contribution is -0.937. The normalized spacial score (nSPS) is 16.1. The SMILES string of the molecule is Fc1ccc([C@H](CNC(=S)Nc2ccc(Cl)cc2)[NH+]2CCOCC2)cc1. The van der Waals surface area contributed by atoms with E-state index in [-0.39, 0.29) is 11.9 Å². The largest absolute Gasteiger partial charge is 0.370 e. The molecule has 0 radical (unpaired) electrons. The minimum atomic E-state index is -0.225. The fourth-order valence-electron chi connectivity index (χ4n) is 3.08. The molecule has 1 fully saturated rings. The molecule has 2 aromatic rings. The average Bonchev–Trinajstić information content (AvgIpc) is 2.66. The summed E-state index contributed by atoms with van der Waals surface area (Å²) in [7, 11) is 0. The molecule has 0 amide bonds. The summed E-state index contributed by atoms with van der Waals surface area (Å²) in [4.78, 5) is 1.41. The van der Waals surface area contributed by atoms with Crippen LogP contribution in [0.15, 0.2) is 48.5 Å². The molecular weight excluding hydrogens is 373 g/mol. The smallest absolute Gasteiger partial charge is 0.171 e. The molecule has 4 nitrogen and oxygen atoms in total. The van der Waals surface area contributed by atoms with Crippen LogP contribution in [-0.4, -0.2) is 38.0 Å². The van der Waals surface area contributed by atoms with Crippen LogP contribution in [0.3, 0.4) is 0 Å². The molecule has 0 aromatic heterocycles. The van der Waals surface area contributed by atoms with Gasteiger partial charge in [-0.1, -0.05) is 23.7 Å². The van der Waals surface area contributed by atoms with Crippen molar-refractivity contribution in [2.75, 3.05) is 38.2 Å². The third-order valence-electron chi connectivity index (χ3n) is 4.47. The summed E-state index contributed by atoms with van der Waals surface area (Å²) in [6, 6.07) is 14.3. The highest BCUT2D eigenvalue weighted by Gasteiger charge is 2.26. The molecule has 3 N–H and O–H groups in total. The third-order valence-corrected chi connectivity index (χ3v) is 4.97. The molecule has 0 spiro atoms. The molecule has 0 saturated carbocycles. The highest BCUT2D eigenvalue weighted by atomic mass is 35.5. The Balaban J connectivity index is 1.64. The first-order chi connectivity index (χ1) is 12.6. The van der Waals surface area contributed by atoms with Crippen molar-refractivity contribution in [2.24, 2.45) is 0 Å². The first-order valence-electron chi connectivity index (χ1n) is 8.60. The molecule has 26 heavy (non-hydrogen) atoms. The molecule has 1 heterocycles. The summed E-state index contributed by atoms with van der Waals surface area (Å²) in [6.45, 7) is 3.96. The Morgan fingerprint density at radius 1 is 1.12 bits per heavy atom. The minimum Gasteiger partial charge on any atom is -0.370 e. The highest BCUT2D eigenvalue weighted by Crippen LogP contribution is 2.14. The van der Waals surface area contributed by atoms with Gasteiger partial charge in [-0.25, -0.2) is 4.39 Å². The summed E-state index contributed by atoms with van der Waals surface area (Å²) in [6.07, 6.45) is 0. The van der Waals surface area contributed by atoms with Gasteiger partial charge in [0.15, 0.2) is 5.11 Å². The number of hydrogen-bond donors (Lipinski definition) is 3. The Labute approximate surface area is 163 Å². The molecule has 0 aliphatic carbocycles. The van der Waals surface area contributed by atoms with Crippen LogP contribution in [0.2, 0.25) is 5.02 Å². The maximum atomic E-state index is 13.3. The zero-order valence-electron chi connectivity index (χ0n) is 14.3. The Hall–Kier alpha value is -1.73. The number of halogens is 2. The summed E-state index contributed by atoms with van der Waals surface area (Å²) < 4.78 is 18.8. The van der Waals surface area contributed by atoms with E-state index in [1.54, 1.807) is 0 Å². The molecule has 0 unspecified atom stereocenters. The van der Waals surface area contributed by atoms with Gasteiger partial charge in [0.1, 0.15) is 24.9 Å². The molecule has 1 aliphatic rings. The predicted octanol–water partition coefficient (Wildman–Crippen LogP) is 2.42. The van der Waals surface area contributed by atoms with Gasteiger partial charge in [-0.05, 0) is 48.6 Å². The van der Waals surface area contributed by atoms with Gasteiger partial charge in [-0.3, -0.25) is 0 Å². The number of hydrogen-bond acceptors (Lipinski definition) is 2. The Morgan fingerprint density at radius 3 is 2.42 bits per heavy atom. The van der Waals surface area contributed by atoms with Crippen molar-refractivity contribution in [3.8, 4) is 0 Å². The molecule has 2 aromatic carbocycles. The van der Waals surface area contributed by atoms with Crippen molar-refractivity contribution >= 4 is 34.6 Å². The van der Waals surface area contributed by atoms with Crippen molar-refractivity contribution in [1.82, 2.24) is 5.32 Å². The van der Waals surface area contributed by atoms with Crippen LogP contribution in [0, 0.1) is 5.82 Å². The number of ether oxygens (including phenoxy) is 1. The maximum absolute atomic E-state index is 13.3. The molecule has 3 rings (SSSR count). The lowest BCUT2D eigenvalue weighted by atomic mass is 10.0. The van der Waals surface area contributed by atoms with Gasteiger partial charge < -0.3 is 20.3 Å². The fourth-order valence-corrected chi connectivity index (χ4v) is 3.41. The van der Waals surface area contributed by atoms with E-state index >= 15 is 0 Å². The van der Waals surface area contributed by atoms with Crippen molar-refractivity contribution in [3.05, 3.63) is 64.9 Å². The average molecular weight is 395 g/mol. The lowest BCUT2D eigenvalue weighted by Crippen LogP contribution is -3.15. The molecule has 1 atom stereocenters. The van der Waals surface area contributed by atoms with Gasteiger partial charge >= 0.3 is 0 Å². The maximum Gasteiger partial charge on any atom is 0.171 e. The van der Waals surface area contributed by atoms with Crippen LogP contribution in [0.5, 0.6) is 0 Å². The predicted molar refractivity (Wildman–Crippen MR) is 106 cm³/mol. The second-order valence-corrected chi connectivity index (χ2v) is 7.06. The summed E-state index contributed by atoms with van der Waals surface area (Å²) in [5, 5.41) is 7.67. The monoisotopic (exact) mass is 394 g/mol. The summed E-state index contributed by atoms with van der Waals surface area (Å²) >= 11 is 11.3. The molecule has 1 saturated heterocycles. The highest BCUT2D eigenvalue weighted by molar-refractivity contribution is 7.80. The van der Waals surface area contributed by atoms with Gasteiger partial charge in [-0.2, -0.15) is 0 Å². The molecular formula is C19H22ClFN3OS+. The lowest BCUT2D eigenvalue weighted by Gasteiger charge is -2.32. The van der Waals surface area contributed by atoms with E-state index in [4.69, 9.17) is 28.6 Å². The van der Waals surface area contributed by atoms with Crippen molar-refractivity contribution in [2.45, 2.75) is 6.04 Å². The Bertz CT molecular complexity index is 721. The van der Waals surface area contributed by atoms with Crippen LogP contribution in [-0.2, 0) is 4.74 Å². The first-order valence-corrected chi connectivity index (χ1v) is 9.38. The van der Waals surface area contributed by atoms with E-state index < -0.39 is 0 Å². The van der Waals surface area contributed by atoms with Crippen molar-refractivity contribution < 1.29 is 14.0 Å². The molecule has 138 valence electrons. The third kappa shape index (κ3) is 5.38.